The van der Waals surface area contributed by atoms with Crippen LogP contribution in [0.2, 0.25) is 10.0 Å². The summed E-state index contributed by atoms with van der Waals surface area (Å²) in [5.41, 5.74) is 2.29. The number of nitrogens with one attached hydrogen (secondary N) is 1. The number of piperazine rings is 1. The zero-order chi connectivity index (χ0) is 14.7. The third-order valence-corrected chi connectivity index (χ3v) is 4.69. The van der Waals surface area contributed by atoms with Gasteiger partial charge in [0, 0.05) is 44.6 Å². The number of benzene rings is 1. The Morgan fingerprint density at radius 2 is 2.09 bits per heavy atom. The maximum absolute atomic E-state index is 6.32. The molecule has 2 aromatic rings. The van der Waals surface area contributed by atoms with E-state index in [1.807, 2.05) is 30.5 Å². The van der Waals surface area contributed by atoms with Crippen molar-refractivity contribution in [3.05, 3.63) is 63.9 Å². The van der Waals surface area contributed by atoms with Crippen LogP contribution in [-0.4, -0.2) is 29.5 Å². The summed E-state index contributed by atoms with van der Waals surface area (Å²) in [6.07, 6.45) is 3.74. The van der Waals surface area contributed by atoms with Crippen LogP contribution >= 0.6 is 35.6 Å². The molecule has 1 saturated heterocycles. The minimum absolute atomic E-state index is 0. The first-order chi connectivity index (χ1) is 10.3. The van der Waals surface area contributed by atoms with Crippen molar-refractivity contribution >= 4 is 35.6 Å². The summed E-state index contributed by atoms with van der Waals surface area (Å²) in [4.78, 5) is 6.65. The van der Waals surface area contributed by atoms with E-state index in [1.54, 1.807) is 6.20 Å². The highest BCUT2D eigenvalue weighted by atomic mass is 35.5. The van der Waals surface area contributed by atoms with Crippen molar-refractivity contribution in [2.24, 2.45) is 0 Å². The number of nitrogens with zero attached hydrogens (tertiary/aromatic N) is 2. The van der Waals surface area contributed by atoms with Crippen LogP contribution in [0.4, 0.5) is 0 Å². The Labute approximate surface area is 147 Å². The van der Waals surface area contributed by atoms with Gasteiger partial charge in [-0.2, -0.15) is 0 Å². The summed E-state index contributed by atoms with van der Waals surface area (Å²) in [7, 11) is 0. The van der Waals surface area contributed by atoms with E-state index >= 15 is 0 Å². The second-order valence-corrected chi connectivity index (χ2v) is 5.97. The van der Waals surface area contributed by atoms with Crippen molar-refractivity contribution in [3.63, 3.8) is 0 Å². The summed E-state index contributed by atoms with van der Waals surface area (Å²) < 4.78 is 0. The maximum atomic E-state index is 6.32. The lowest BCUT2D eigenvalue weighted by Gasteiger charge is -2.36. The van der Waals surface area contributed by atoms with Crippen molar-refractivity contribution in [2.45, 2.75) is 12.6 Å². The maximum Gasteiger partial charge on any atom is 0.0637 e. The molecule has 2 heterocycles. The summed E-state index contributed by atoms with van der Waals surface area (Å²) in [6, 6.07) is 10.2. The zero-order valence-corrected chi connectivity index (χ0v) is 14.3. The number of aromatic nitrogens is 1. The fourth-order valence-corrected chi connectivity index (χ4v) is 3.11. The Balaban J connectivity index is 0.00000176. The molecular formula is C16H18Cl3N3. The van der Waals surface area contributed by atoms with E-state index in [0.717, 1.165) is 31.7 Å². The van der Waals surface area contributed by atoms with E-state index in [4.69, 9.17) is 23.2 Å². The molecule has 0 bridgehead atoms. The number of hydrogen-bond donors (Lipinski definition) is 1. The highest BCUT2D eigenvalue weighted by Gasteiger charge is 2.24. The molecule has 1 unspecified atom stereocenters. The molecule has 1 atom stereocenters. The molecule has 0 spiro atoms. The summed E-state index contributed by atoms with van der Waals surface area (Å²) in [5.74, 6) is 0. The number of halogens is 3. The molecule has 22 heavy (non-hydrogen) atoms. The normalized spacial score (nSPS) is 18.7. The summed E-state index contributed by atoms with van der Waals surface area (Å²) in [5, 5.41) is 4.71. The SMILES string of the molecule is Cl.Clc1cccc(CN2CCNCC2c2cccnc2)c1Cl. The fourth-order valence-electron chi connectivity index (χ4n) is 2.73. The molecule has 0 amide bonds. The predicted molar refractivity (Wildman–Crippen MR) is 94.0 cm³/mol. The standard InChI is InChI=1S/C16H17Cl2N3.ClH/c17-14-5-1-3-13(16(14)18)11-21-8-7-20-10-15(21)12-4-2-6-19-9-12;/h1-6,9,15,20H,7-8,10-11H2;1H. The van der Waals surface area contributed by atoms with Crippen molar-refractivity contribution in [3.8, 4) is 0 Å². The molecule has 1 N–H and O–H groups in total. The zero-order valence-electron chi connectivity index (χ0n) is 12.0. The van der Waals surface area contributed by atoms with Gasteiger partial charge in [0.15, 0.2) is 0 Å². The van der Waals surface area contributed by atoms with Gasteiger partial charge in [-0.3, -0.25) is 9.88 Å². The van der Waals surface area contributed by atoms with Crippen LogP contribution in [0.3, 0.4) is 0 Å². The third-order valence-electron chi connectivity index (χ3n) is 3.83. The van der Waals surface area contributed by atoms with Crippen LogP contribution in [-0.2, 0) is 6.54 Å². The molecule has 1 fully saturated rings. The van der Waals surface area contributed by atoms with Gasteiger partial charge in [0.25, 0.3) is 0 Å². The molecule has 0 radical (unpaired) electrons. The van der Waals surface area contributed by atoms with Gasteiger partial charge in [-0.25, -0.2) is 0 Å². The molecular weight excluding hydrogens is 341 g/mol. The van der Waals surface area contributed by atoms with Crippen LogP contribution in [0, 0.1) is 0 Å². The van der Waals surface area contributed by atoms with Crippen LogP contribution in [0.25, 0.3) is 0 Å². The van der Waals surface area contributed by atoms with Crippen molar-refractivity contribution in [1.29, 1.82) is 0 Å². The second-order valence-electron chi connectivity index (χ2n) is 5.19. The Kier molecular flexibility index (Phi) is 6.48. The van der Waals surface area contributed by atoms with Gasteiger partial charge in [0.05, 0.1) is 10.0 Å². The van der Waals surface area contributed by atoms with E-state index in [1.165, 1.54) is 5.56 Å². The van der Waals surface area contributed by atoms with Gasteiger partial charge in [-0.15, -0.1) is 12.4 Å². The fraction of sp³-hybridized carbons (Fsp3) is 0.312. The summed E-state index contributed by atoms with van der Waals surface area (Å²) >= 11 is 12.4. The number of hydrogen-bond acceptors (Lipinski definition) is 3. The molecule has 6 heteroatoms. The van der Waals surface area contributed by atoms with E-state index in [2.05, 4.69) is 21.3 Å². The molecule has 3 rings (SSSR count). The van der Waals surface area contributed by atoms with E-state index in [9.17, 15) is 0 Å². The van der Waals surface area contributed by atoms with Gasteiger partial charge in [0.1, 0.15) is 0 Å². The van der Waals surface area contributed by atoms with Gasteiger partial charge < -0.3 is 5.32 Å². The monoisotopic (exact) mass is 357 g/mol. The lowest BCUT2D eigenvalue weighted by atomic mass is 10.0. The molecule has 1 aromatic heterocycles. The summed E-state index contributed by atoms with van der Waals surface area (Å²) in [6.45, 7) is 3.67. The molecule has 118 valence electrons. The minimum Gasteiger partial charge on any atom is -0.314 e. The Bertz CT molecular complexity index is 607. The predicted octanol–water partition coefficient (Wildman–Crippen LogP) is 3.96. The largest absolute Gasteiger partial charge is 0.314 e. The van der Waals surface area contributed by atoms with Gasteiger partial charge in [-0.05, 0) is 23.3 Å². The highest BCUT2D eigenvalue weighted by Crippen LogP contribution is 2.29. The molecule has 1 aliphatic heterocycles. The highest BCUT2D eigenvalue weighted by molar-refractivity contribution is 6.42. The Morgan fingerprint density at radius 3 is 2.86 bits per heavy atom. The van der Waals surface area contributed by atoms with Crippen LogP contribution < -0.4 is 5.32 Å². The number of pyridine rings is 1. The first-order valence-electron chi connectivity index (χ1n) is 7.03. The Hall–Kier alpha value is -0.840. The van der Waals surface area contributed by atoms with E-state index < -0.39 is 0 Å². The molecule has 1 aromatic carbocycles. The van der Waals surface area contributed by atoms with Crippen molar-refractivity contribution < 1.29 is 0 Å². The van der Waals surface area contributed by atoms with Gasteiger partial charge >= 0.3 is 0 Å². The molecule has 0 saturated carbocycles. The Morgan fingerprint density at radius 1 is 1.23 bits per heavy atom. The molecule has 0 aliphatic carbocycles. The quantitative estimate of drug-likeness (QED) is 0.900. The smallest absolute Gasteiger partial charge is 0.0637 e. The minimum atomic E-state index is 0. The van der Waals surface area contributed by atoms with Crippen molar-refractivity contribution in [2.75, 3.05) is 19.6 Å². The first-order valence-corrected chi connectivity index (χ1v) is 7.79. The average molecular weight is 359 g/mol. The lowest BCUT2D eigenvalue weighted by molar-refractivity contribution is 0.153. The second kappa shape index (κ2) is 8.14. The van der Waals surface area contributed by atoms with Crippen LogP contribution in [0.15, 0.2) is 42.7 Å². The van der Waals surface area contributed by atoms with Gasteiger partial charge in [-0.1, -0.05) is 41.4 Å². The third kappa shape index (κ3) is 3.92. The van der Waals surface area contributed by atoms with E-state index in [0.29, 0.717) is 16.1 Å². The molecule has 1 aliphatic rings. The number of rotatable bonds is 3. The molecule has 3 nitrogen and oxygen atoms in total. The topological polar surface area (TPSA) is 28.2 Å². The lowest BCUT2D eigenvalue weighted by Crippen LogP contribution is -2.45. The van der Waals surface area contributed by atoms with Crippen molar-refractivity contribution in [1.82, 2.24) is 15.2 Å². The van der Waals surface area contributed by atoms with Crippen LogP contribution in [0.5, 0.6) is 0 Å². The first kappa shape index (κ1) is 17.5. The average Bonchev–Trinajstić information content (AvgIpc) is 2.53. The van der Waals surface area contributed by atoms with Gasteiger partial charge in [0.2, 0.25) is 0 Å². The van der Waals surface area contributed by atoms with Crippen LogP contribution in [0.1, 0.15) is 17.2 Å². The van der Waals surface area contributed by atoms with E-state index in [-0.39, 0.29) is 12.4 Å².